The molecule has 0 bridgehead atoms. The lowest BCUT2D eigenvalue weighted by atomic mass is 9.94. The van der Waals surface area contributed by atoms with E-state index in [2.05, 4.69) is 40.1 Å². The Balaban J connectivity index is 1.29. The number of aromatic nitrogens is 3. The molecular weight excluding hydrogens is 509 g/mol. The van der Waals surface area contributed by atoms with Gasteiger partial charge < -0.3 is 10.3 Å². The number of likely N-dealkylation sites (tertiary alicyclic amines) is 1. The number of hydrogen-bond acceptors (Lipinski definition) is 5. The van der Waals surface area contributed by atoms with Crippen LogP contribution < -0.4 is 11.0 Å². The maximum absolute atomic E-state index is 15.7. The van der Waals surface area contributed by atoms with Crippen LogP contribution in [-0.4, -0.2) is 51.3 Å². The second kappa shape index (κ2) is 8.37. The summed E-state index contributed by atoms with van der Waals surface area (Å²) in [6.45, 7) is 9.29. The van der Waals surface area contributed by atoms with Gasteiger partial charge in [0.2, 0.25) is 0 Å². The van der Waals surface area contributed by atoms with E-state index < -0.39 is 5.67 Å². The lowest BCUT2D eigenvalue weighted by molar-refractivity contribution is 0.0942. The fourth-order valence-electron chi connectivity index (χ4n) is 6.78. The highest BCUT2D eigenvalue weighted by atomic mass is 35.5. The van der Waals surface area contributed by atoms with Crippen LogP contribution in [0.3, 0.4) is 0 Å². The number of benzene rings is 1. The molecule has 2 atom stereocenters. The predicted molar refractivity (Wildman–Crippen MR) is 148 cm³/mol. The van der Waals surface area contributed by atoms with Crippen LogP contribution in [0.4, 0.5) is 4.39 Å². The second-order valence-electron chi connectivity index (χ2n) is 11.8. The minimum atomic E-state index is -1.42. The summed E-state index contributed by atoms with van der Waals surface area (Å²) in [6, 6.07) is 7.82. The normalized spacial score (nSPS) is 24.6. The van der Waals surface area contributed by atoms with Crippen molar-refractivity contribution >= 4 is 44.2 Å². The number of rotatable bonds is 5. The van der Waals surface area contributed by atoms with Gasteiger partial charge in [-0.15, -0.1) is 11.3 Å². The molecule has 5 heterocycles. The average molecular weight is 540 g/mol. The first kappa shape index (κ1) is 23.8. The van der Waals surface area contributed by atoms with E-state index in [4.69, 9.17) is 11.6 Å². The van der Waals surface area contributed by atoms with Gasteiger partial charge in [0.15, 0.2) is 0 Å². The first-order valence-electron chi connectivity index (χ1n) is 13.1. The molecule has 1 saturated carbocycles. The summed E-state index contributed by atoms with van der Waals surface area (Å²) in [5.74, 6) is 1.64. The lowest BCUT2D eigenvalue weighted by Crippen LogP contribution is -2.43. The van der Waals surface area contributed by atoms with E-state index in [9.17, 15) is 4.79 Å². The number of hydrogen-bond donors (Lipinski definition) is 2. The Morgan fingerprint density at radius 2 is 1.92 bits per heavy atom. The van der Waals surface area contributed by atoms with Crippen LogP contribution in [0.15, 0.2) is 35.3 Å². The standard InChI is InChI=1S/C28H31ClFN5OS/c1-27(2)20-13-34(14-21(20)27)12-17-11-23-25(37-17)18(3-6-32-23)19-9-16(29)10-22-24(19)35(26(36)33-22)15-28(30)4-7-31-8-5-28/h3,6,9-11,20-21,31H,4-5,7-8,12-15H2,1-2H3,(H,33,36). The van der Waals surface area contributed by atoms with Gasteiger partial charge in [0.1, 0.15) is 5.67 Å². The molecule has 7 rings (SSSR count). The highest BCUT2D eigenvalue weighted by molar-refractivity contribution is 7.19. The molecule has 3 aliphatic rings. The molecule has 4 aromatic rings. The summed E-state index contributed by atoms with van der Waals surface area (Å²) < 4.78 is 18.4. The average Bonchev–Trinajstić information content (AvgIpc) is 3.32. The molecule has 2 N–H and O–H groups in total. The van der Waals surface area contributed by atoms with Gasteiger partial charge in [0.25, 0.3) is 0 Å². The fraction of sp³-hybridized carbons (Fsp3) is 0.500. The van der Waals surface area contributed by atoms with Gasteiger partial charge in [-0.25, -0.2) is 9.18 Å². The number of nitrogens with zero attached hydrogens (tertiary/aromatic N) is 3. The minimum Gasteiger partial charge on any atom is -0.316 e. The van der Waals surface area contributed by atoms with Crippen LogP contribution in [0, 0.1) is 17.3 Å². The molecule has 6 nitrogen and oxygen atoms in total. The first-order valence-corrected chi connectivity index (χ1v) is 14.3. The van der Waals surface area contributed by atoms with Crippen molar-refractivity contribution in [3.63, 3.8) is 0 Å². The highest BCUT2D eigenvalue weighted by Gasteiger charge is 2.61. The molecule has 194 valence electrons. The molecule has 2 aliphatic heterocycles. The van der Waals surface area contributed by atoms with E-state index in [0.29, 0.717) is 47.4 Å². The van der Waals surface area contributed by atoms with Crippen molar-refractivity contribution in [2.45, 2.75) is 45.4 Å². The number of thiophene rings is 1. The van der Waals surface area contributed by atoms with Crippen LogP contribution in [0.2, 0.25) is 5.02 Å². The van der Waals surface area contributed by atoms with Crippen molar-refractivity contribution in [1.29, 1.82) is 0 Å². The van der Waals surface area contributed by atoms with Gasteiger partial charge in [0, 0.05) is 46.9 Å². The Hall–Kier alpha value is -2.26. The topological polar surface area (TPSA) is 66.0 Å². The van der Waals surface area contributed by atoms with Gasteiger partial charge in [-0.3, -0.25) is 14.5 Å². The Labute approximate surface area is 223 Å². The number of halogens is 2. The van der Waals surface area contributed by atoms with Gasteiger partial charge in [-0.05, 0) is 67.4 Å². The summed E-state index contributed by atoms with van der Waals surface area (Å²) in [5, 5.41) is 3.75. The Kier molecular flexibility index (Phi) is 5.39. The van der Waals surface area contributed by atoms with E-state index in [1.54, 1.807) is 22.0 Å². The summed E-state index contributed by atoms with van der Waals surface area (Å²) >= 11 is 8.29. The summed E-state index contributed by atoms with van der Waals surface area (Å²) in [7, 11) is 0. The molecule has 2 unspecified atom stereocenters. The monoisotopic (exact) mass is 539 g/mol. The number of H-pyrrole nitrogens is 1. The van der Waals surface area contributed by atoms with E-state index in [1.807, 2.05) is 18.3 Å². The SMILES string of the molecule is CC1(C)C2CN(Cc3cc4nccc(-c5cc(Cl)cc6[nH]c(=O)n(CC7(F)CCNCC7)c56)c4s3)CC21. The Morgan fingerprint density at radius 1 is 1.16 bits per heavy atom. The number of aromatic amines is 1. The number of alkyl halides is 1. The summed E-state index contributed by atoms with van der Waals surface area (Å²) in [6.07, 6.45) is 2.59. The summed E-state index contributed by atoms with van der Waals surface area (Å²) in [5.41, 5.74) is 2.87. The van der Waals surface area contributed by atoms with Gasteiger partial charge >= 0.3 is 5.69 Å². The zero-order valence-corrected chi connectivity index (χ0v) is 22.7. The summed E-state index contributed by atoms with van der Waals surface area (Å²) in [4.78, 5) is 24.5. The molecule has 3 aromatic heterocycles. The maximum Gasteiger partial charge on any atom is 0.326 e. The number of fused-ring (bicyclic) bond motifs is 3. The maximum atomic E-state index is 15.7. The van der Waals surface area contributed by atoms with Crippen LogP contribution >= 0.6 is 22.9 Å². The Bertz CT molecular complexity index is 1570. The number of imidazole rings is 1. The molecule has 1 aromatic carbocycles. The zero-order valence-electron chi connectivity index (χ0n) is 21.1. The zero-order chi connectivity index (χ0) is 25.5. The van der Waals surface area contributed by atoms with Gasteiger partial charge in [-0.1, -0.05) is 25.4 Å². The third kappa shape index (κ3) is 3.95. The van der Waals surface area contributed by atoms with Gasteiger partial charge in [-0.2, -0.15) is 0 Å². The third-order valence-corrected chi connectivity index (χ3v) is 10.5. The largest absolute Gasteiger partial charge is 0.326 e. The quantitative estimate of drug-likeness (QED) is 0.354. The smallest absolute Gasteiger partial charge is 0.316 e. The minimum absolute atomic E-state index is 0.0275. The molecule has 37 heavy (non-hydrogen) atoms. The van der Waals surface area contributed by atoms with Crippen LogP contribution in [0.25, 0.3) is 32.4 Å². The predicted octanol–water partition coefficient (Wildman–Crippen LogP) is 5.44. The molecule has 3 fully saturated rings. The lowest BCUT2D eigenvalue weighted by Gasteiger charge is -2.30. The number of piperidine rings is 2. The molecule has 0 radical (unpaired) electrons. The number of pyridine rings is 1. The van der Waals surface area contributed by atoms with E-state index in [1.165, 1.54) is 4.88 Å². The van der Waals surface area contributed by atoms with Gasteiger partial charge in [0.05, 0.1) is 27.8 Å². The number of nitrogens with one attached hydrogen (secondary N) is 2. The van der Waals surface area contributed by atoms with Crippen molar-refractivity contribution in [3.05, 3.63) is 50.8 Å². The Morgan fingerprint density at radius 3 is 2.68 bits per heavy atom. The molecule has 2 saturated heterocycles. The van der Waals surface area contributed by atoms with Crippen LogP contribution in [0.1, 0.15) is 31.6 Å². The van der Waals surface area contributed by atoms with Crippen molar-refractivity contribution in [3.8, 4) is 11.1 Å². The van der Waals surface area contributed by atoms with Crippen molar-refractivity contribution < 1.29 is 4.39 Å². The fourth-order valence-corrected chi connectivity index (χ4v) is 8.18. The molecule has 0 spiro atoms. The van der Waals surface area contributed by atoms with Crippen LogP contribution in [-0.2, 0) is 13.1 Å². The first-order chi connectivity index (χ1) is 17.7. The van der Waals surface area contributed by atoms with E-state index in [0.717, 1.165) is 52.8 Å². The third-order valence-electron chi connectivity index (χ3n) is 9.10. The van der Waals surface area contributed by atoms with E-state index in [-0.39, 0.29) is 12.2 Å². The van der Waals surface area contributed by atoms with E-state index >= 15 is 4.39 Å². The molecular formula is C28H31ClFN5OS. The van der Waals surface area contributed by atoms with Crippen molar-refractivity contribution in [1.82, 2.24) is 24.8 Å². The molecule has 1 aliphatic carbocycles. The van der Waals surface area contributed by atoms with Crippen molar-refractivity contribution in [2.75, 3.05) is 26.2 Å². The second-order valence-corrected chi connectivity index (χ2v) is 13.4. The van der Waals surface area contributed by atoms with Crippen LogP contribution in [0.5, 0.6) is 0 Å². The molecule has 9 heteroatoms. The highest BCUT2D eigenvalue weighted by Crippen LogP contribution is 2.62. The van der Waals surface area contributed by atoms with Crippen molar-refractivity contribution in [2.24, 2.45) is 17.3 Å². The molecule has 0 amide bonds.